The van der Waals surface area contributed by atoms with Gasteiger partial charge < -0.3 is 15.7 Å². The first-order valence-electron chi connectivity index (χ1n) is 5.04. The smallest absolute Gasteiger partial charge is 0.404 e. The lowest BCUT2D eigenvalue weighted by atomic mass is 9.91. The van der Waals surface area contributed by atoms with Gasteiger partial charge in [0.05, 0.1) is 0 Å². The van der Waals surface area contributed by atoms with Gasteiger partial charge in [0, 0.05) is 12.1 Å². The lowest BCUT2D eigenvalue weighted by Crippen LogP contribution is -2.43. The van der Waals surface area contributed by atoms with E-state index in [0.717, 1.165) is 25.7 Å². The lowest BCUT2D eigenvalue weighted by molar-refractivity contribution is -0.117. The van der Waals surface area contributed by atoms with Gasteiger partial charge in [0.1, 0.15) is 0 Å². The van der Waals surface area contributed by atoms with Crippen LogP contribution in [0, 0.1) is 0 Å². The van der Waals surface area contributed by atoms with E-state index in [1.165, 1.54) is 6.08 Å². The van der Waals surface area contributed by atoms with Gasteiger partial charge in [0.2, 0.25) is 5.91 Å². The molecule has 0 bridgehead atoms. The topological polar surface area (TPSA) is 78.4 Å². The molecule has 0 aliphatic heterocycles. The van der Waals surface area contributed by atoms with E-state index >= 15 is 0 Å². The molecule has 0 aromatic carbocycles. The SMILES string of the molecule is C=CC(=O)NC1CCC(NC(=O)O)CC1. The number of nitrogens with one attached hydrogen (secondary N) is 2. The fourth-order valence-electron chi connectivity index (χ4n) is 1.82. The summed E-state index contributed by atoms with van der Waals surface area (Å²) < 4.78 is 0. The molecule has 15 heavy (non-hydrogen) atoms. The van der Waals surface area contributed by atoms with Crippen LogP contribution < -0.4 is 10.6 Å². The molecule has 1 saturated carbocycles. The second-order valence-corrected chi connectivity index (χ2v) is 3.71. The third-order valence-corrected chi connectivity index (χ3v) is 2.59. The van der Waals surface area contributed by atoms with E-state index < -0.39 is 6.09 Å². The Morgan fingerprint density at radius 2 is 1.60 bits per heavy atom. The van der Waals surface area contributed by atoms with Gasteiger partial charge in [-0.15, -0.1) is 0 Å². The molecular formula is C10H16N2O3. The summed E-state index contributed by atoms with van der Waals surface area (Å²) >= 11 is 0. The summed E-state index contributed by atoms with van der Waals surface area (Å²) in [5.74, 6) is -0.162. The van der Waals surface area contributed by atoms with Crippen LogP contribution in [0.1, 0.15) is 25.7 Å². The molecule has 0 aromatic heterocycles. The molecule has 0 heterocycles. The van der Waals surface area contributed by atoms with Crippen LogP contribution in [0.25, 0.3) is 0 Å². The molecule has 5 nitrogen and oxygen atoms in total. The zero-order valence-corrected chi connectivity index (χ0v) is 8.53. The fraction of sp³-hybridized carbons (Fsp3) is 0.600. The quantitative estimate of drug-likeness (QED) is 0.607. The molecule has 3 N–H and O–H groups in total. The third kappa shape index (κ3) is 4.01. The van der Waals surface area contributed by atoms with Gasteiger partial charge in [-0.3, -0.25) is 4.79 Å². The van der Waals surface area contributed by atoms with Gasteiger partial charge in [-0.2, -0.15) is 0 Å². The molecule has 1 fully saturated rings. The van der Waals surface area contributed by atoms with Crippen molar-refractivity contribution in [1.29, 1.82) is 0 Å². The Labute approximate surface area is 88.5 Å². The number of hydrogen-bond donors (Lipinski definition) is 3. The average molecular weight is 212 g/mol. The Hall–Kier alpha value is -1.52. The fourth-order valence-corrected chi connectivity index (χ4v) is 1.82. The van der Waals surface area contributed by atoms with Crippen molar-refractivity contribution in [2.75, 3.05) is 0 Å². The van der Waals surface area contributed by atoms with Gasteiger partial charge in [0.25, 0.3) is 0 Å². The minimum absolute atomic E-state index is 0.0272. The molecule has 84 valence electrons. The van der Waals surface area contributed by atoms with Gasteiger partial charge in [-0.05, 0) is 31.8 Å². The maximum atomic E-state index is 11.0. The molecular weight excluding hydrogens is 196 g/mol. The van der Waals surface area contributed by atoms with E-state index in [1.807, 2.05) is 0 Å². The number of rotatable bonds is 3. The monoisotopic (exact) mass is 212 g/mol. The van der Waals surface area contributed by atoms with Crippen molar-refractivity contribution < 1.29 is 14.7 Å². The van der Waals surface area contributed by atoms with E-state index in [1.54, 1.807) is 0 Å². The van der Waals surface area contributed by atoms with Gasteiger partial charge in [-0.1, -0.05) is 6.58 Å². The summed E-state index contributed by atoms with van der Waals surface area (Å²) in [7, 11) is 0. The summed E-state index contributed by atoms with van der Waals surface area (Å²) in [6.07, 6.45) is 3.44. The molecule has 0 radical (unpaired) electrons. The van der Waals surface area contributed by atoms with Gasteiger partial charge in [0.15, 0.2) is 0 Å². The van der Waals surface area contributed by atoms with Gasteiger partial charge >= 0.3 is 6.09 Å². The second-order valence-electron chi connectivity index (χ2n) is 3.71. The predicted molar refractivity (Wildman–Crippen MR) is 55.5 cm³/mol. The van der Waals surface area contributed by atoms with Crippen LogP contribution in [-0.4, -0.2) is 29.2 Å². The summed E-state index contributed by atoms with van der Waals surface area (Å²) in [5, 5.41) is 13.8. The summed E-state index contributed by atoms with van der Waals surface area (Å²) in [5.41, 5.74) is 0. The van der Waals surface area contributed by atoms with E-state index in [4.69, 9.17) is 5.11 Å². The predicted octanol–water partition coefficient (Wildman–Crippen LogP) is 0.867. The molecule has 0 atom stereocenters. The number of carbonyl (C=O) groups excluding carboxylic acids is 1. The molecule has 0 unspecified atom stereocenters. The van der Waals surface area contributed by atoms with Crippen molar-refractivity contribution in [2.45, 2.75) is 37.8 Å². The number of carbonyl (C=O) groups is 2. The van der Waals surface area contributed by atoms with Crippen LogP contribution in [0.5, 0.6) is 0 Å². The maximum Gasteiger partial charge on any atom is 0.404 e. The van der Waals surface area contributed by atoms with Crippen LogP contribution in [0.4, 0.5) is 4.79 Å². The summed E-state index contributed by atoms with van der Waals surface area (Å²) in [4.78, 5) is 21.4. The maximum absolute atomic E-state index is 11.0. The highest BCUT2D eigenvalue weighted by atomic mass is 16.4. The first-order chi connectivity index (χ1) is 7.11. The van der Waals surface area contributed by atoms with E-state index in [9.17, 15) is 9.59 Å². The Balaban J connectivity index is 2.26. The number of carboxylic acid groups (broad SMARTS) is 1. The van der Waals surface area contributed by atoms with Crippen molar-refractivity contribution in [3.63, 3.8) is 0 Å². The van der Waals surface area contributed by atoms with E-state index in [0.29, 0.717) is 0 Å². The highest BCUT2D eigenvalue weighted by molar-refractivity contribution is 5.87. The zero-order chi connectivity index (χ0) is 11.3. The molecule has 0 spiro atoms. The first-order valence-corrected chi connectivity index (χ1v) is 5.04. The van der Waals surface area contributed by atoms with Gasteiger partial charge in [-0.25, -0.2) is 4.79 Å². The third-order valence-electron chi connectivity index (χ3n) is 2.59. The lowest BCUT2D eigenvalue weighted by Gasteiger charge is -2.28. The molecule has 5 heteroatoms. The second kappa shape index (κ2) is 5.38. The number of amides is 2. The van der Waals surface area contributed by atoms with Crippen LogP contribution in [0.15, 0.2) is 12.7 Å². The Morgan fingerprint density at radius 1 is 1.13 bits per heavy atom. The molecule has 1 aliphatic rings. The molecule has 1 aliphatic carbocycles. The zero-order valence-electron chi connectivity index (χ0n) is 8.53. The Morgan fingerprint density at radius 3 is 2.00 bits per heavy atom. The van der Waals surface area contributed by atoms with Crippen molar-refractivity contribution >= 4 is 12.0 Å². The van der Waals surface area contributed by atoms with Crippen LogP contribution in [0.3, 0.4) is 0 Å². The first kappa shape index (κ1) is 11.6. The highest BCUT2D eigenvalue weighted by Gasteiger charge is 2.22. The normalized spacial score (nSPS) is 25.3. The van der Waals surface area contributed by atoms with Crippen molar-refractivity contribution in [2.24, 2.45) is 0 Å². The molecule has 0 saturated heterocycles. The average Bonchev–Trinajstić information content (AvgIpc) is 2.20. The van der Waals surface area contributed by atoms with Crippen molar-refractivity contribution in [1.82, 2.24) is 10.6 Å². The Kier molecular flexibility index (Phi) is 4.15. The largest absolute Gasteiger partial charge is 0.465 e. The van der Waals surface area contributed by atoms with E-state index in [-0.39, 0.29) is 18.0 Å². The highest BCUT2D eigenvalue weighted by Crippen LogP contribution is 2.18. The summed E-state index contributed by atoms with van der Waals surface area (Å²) in [6.45, 7) is 3.38. The standard InChI is InChI=1S/C10H16N2O3/c1-2-9(13)11-7-3-5-8(6-4-7)12-10(14)15/h2,7-8,12H,1,3-6H2,(H,11,13)(H,14,15). The molecule has 1 rings (SSSR count). The van der Waals surface area contributed by atoms with Crippen molar-refractivity contribution in [3.05, 3.63) is 12.7 Å². The minimum Gasteiger partial charge on any atom is -0.465 e. The molecule has 0 aromatic rings. The molecule has 2 amide bonds. The van der Waals surface area contributed by atoms with E-state index in [2.05, 4.69) is 17.2 Å². The Bertz CT molecular complexity index is 257. The number of hydrogen-bond acceptors (Lipinski definition) is 2. The van der Waals surface area contributed by atoms with Crippen LogP contribution in [0.2, 0.25) is 0 Å². The minimum atomic E-state index is -0.978. The van der Waals surface area contributed by atoms with Crippen LogP contribution in [-0.2, 0) is 4.79 Å². The van der Waals surface area contributed by atoms with Crippen LogP contribution >= 0.6 is 0 Å². The van der Waals surface area contributed by atoms with Crippen molar-refractivity contribution in [3.8, 4) is 0 Å². The summed E-state index contributed by atoms with van der Waals surface area (Å²) in [6, 6.07) is 0.182.